The van der Waals surface area contributed by atoms with Crippen molar-refractivity contribution >= 4 is 42.8 Å². The Balaban J connectivity index is 2.29. The molecule has 0 atom stereocenters. The molecular formula is C14H15BrN2O4S. The fourth-order valence-corrected chi connectivity index (χ4v) is 4.91. The van der Waals surface area contributed by atoms with Crippen LogP contribution in [-0.4, -0.2) is 43.9 Å². The third-order valence-corrected chi connectivity index (χ3v) is 6.24. The standard InChI is InChI=1S/C14H15BrN2O4S/c1-21-14(18)12-13(22(19,20)17-6-2-3-7-17)10-8-9(15)4-5-11(10)16-12/h4-5,8,16H,2-3,6-7H2,1H3. The van der Waals surface area contributed by atoms with Crippen LogP contribution in [0.5, 0.6) is 0 Å². The number of methoxy groups -OCH3 is 1. The third kappa shape index (κ3) is 2.45. The SMILES string of the molecule is COC(=O)c1[nH]c2ccc(Br)cc2c1S(=O)(=O)N1CCCC1. The van der Waals surface area contributed by atoms with Crippen molar-refractivity contribution < 1.29 is 17.9 Å². The zero-order valence-electron chi connectivity index (χ0n) is 11.9. The average molecular weight is 387 g/mol. The normalized spacial score (nSPS) is 16.3. The van der Waals surface area contributed by atoms with Crippen LogP contribution >= 0.6 is 15.9 Å². The number of halogens is 1. The minimum atomic E-state index is -3.74. The maximum Gasteiger partial charge on any atom is 0.355 e. The molecule has 0 amide bonds. The van der Waals surface area contributed by atoms with Crippen LogP contribution in [0.4, 0.5) is 0 Å². The summed E-state index contributed by atoms with van der Waals surface area (Å²) in [6, 6.07) is 5.21. The first-order valence-corrected chi connectivity index (χ1v) is 9.08. The number of carbonyl (C=O) groups is 1. The molecule has 0 saturated carbocycles. The highest BCUT2D eigenvalue weighted by atomic mass is 79.9. The molecule has 0 radical (unpaired) electrons. The number of fused-ring (bicyclic) bond motifs is 1. The summed E-state index contributed by atoms with van der Waals surface area (Å²) in [6.45, 7) is 0.952. The van der Waals surface area contributed by atoms with Crippen LogP contribution in [0.15, 0.2) is 27.6 Å². The number of ether oxygens (including phenoxy) is 1. The van der Waals surface area contributed by atoms with Crippen molar-refractivity contribution in [3.05, 3.63) is 28.4 Å². The summed E-state index contributed by atoms with van der Waals surface area (Å²) in [6.07, 6.45) is 1.66. The Bertz CT molecular complexity index is 838. The van der Waals surface area contributed by atoms with Gasteiger partial charge in [0.1, 0.15) is 10.6 Å². The van der Waals surface area contributed by atoms with Gasteiger partial charge in [0, 0.05) is 28.5 Å². The van der Waals surface area contributed by atoms with Crippen molar-refractivity contribution in [3.63, 3.8) is 0 Å². The van der Waals surface area contributed by atoms with E-state index in [1.54, 1.807) is 18.2 Å². The van der Waals surface area contributed by atoms with Crippen LogP contribution in [0.3, 0.4) is 0 Å². The number of nitrogens with zero attached hydrogens (tertiary/aromatic N) is 1. The van der Waals surface area contributed by atoms with Gasteiger partial charge in [-0.3, -0.25) is 0 Å². The predicted octanol–water partition coefficient (Wildman–Crippen LogP) is 2.50. The fourth-order valence-electron chi connectivity index (χ4n) is 2.71. The molecule has 1 N–H and O–H groups in total. The molecule has 1 aliphatic rings. The first-order chi connectivity index (χ1) is 10.4. The highest BCUT2D eigenvalue weighted by molar-refractivity contribution is 9.10. The smallest absolute Gasteiger partial charge is 0.355 e. The van der Waals surface area contributed by atoms with Crippen LogP contribution in [0.2, 0.25) is 0 Å². The lowest BCUT2D eigenvalue weighted by Gasteiger charge is -2.15. The van der Waals surface area contributed by atoms with Crippen molar-refractivity contribution in [3.8, 4) is 0 Å². The summed E-state index contributed by atoms with van der Waals surface area (Å²) in [5.74, 6) is -0.690. The quantitative estimate of drug-likeness (QED) is 0.821. The Kier molecular flexibility index (Phi) is 4.00. The first-order valence-electron chi connectivity index (χ1n) is 6.85. The molecule has 1 saturated heterocycles. The van der Waals surface area contributed by atoms with Gasteiger partial charge in [0.15, 0.2) is 0 Å². The molecule has 6 nitrogen and oxygen atoms in total. The van der Waals surface area contributed by atoms with Gasteiger partial charge < -0.3 is 9.72 Å². The highest BCUT2D eigenvalue weighted by Crippen LogP contribution is 2.33. The number of hydrogen-bond donors (Lipinski definition) is 1. The molecule has 3 rings (SSSR count). The predicted molar refractivity (Wildman–Crippen MR) is 85.3 cm³/mol. The van der Waals surface area contributed by atoms with Crippen molar-refractivity contribution in [2.24, 2.45) is 0 Å². The number of nitrogens with one attached hydrogen (secondary N) is 1. The van der Waals surface area contributed by atoms with E-state index >= 15 is 0 Å². The largest absolute Gasteiger partial charge is 0.464 e. The molecule has 1 fully saturated rings. The van der Waals surface area contributed by atoms with Gasteiger partial charge in [-0.05, 0) is 31.0 Å². The van der Waals surface area contributed by atoms with Crippen molar-refractivity contribution in [1.82, 2.24) is 9.29 Å². The maximum atomic E-state index is 12.9. The number of carbonyl (C=O) groups excluding carboxylic acids is 1. The number of esters is 1. The molecule has 22 heavy (non-hydrogen) atoms. The maximum absolute atomic E-state index is 12.9. The van der Waals surface area contributed by atoms with E-state index in [4.69, 9.17) is 4.74 Å². The second-order valence-corrected chi connectivity index (χ2v) is 7.91. The number of hydrogen-bond acceptors (Lipinski definition) is 4. The molecule has 1 aromatic heterocycles. The summed E-state index contributed by atoms with van der Waals surface area (Å²) >= 11 is 3.34. The highest BCUT2D eigenvalue weighted by Gasteiger charge is 2.34. The zero-order valence-corrected chi connectivity index (χ0v) is 14.3. The van der Waals surface area contributed by atoms with Gasteiger partial charge in [-0.15, -0.1) is 0 Å². The van der Waals surface area contributed by atoms with Gasteiger partial charge in [-0.2, -0.15) is 4.31 Å². The Hall–Kier alpha value is -1.38. The Morgan fingerprint density at radius 2 is 2.00 bits per heavy atom. The van der Waals surface area contributed by atoms with Gasteiger partial charge in [0.05, 0.1) is 7.11 Å². The molecule has 1 aromatic carbocycles. The minimum absolute atomic E-state index is 0.00227. The topological polar surface area (TPSA) is 79.5 Å². The average Bonchev–Trinajstić information content (AvgIpc) is 3.13. The Labute approximate surface area is 136 Å². The van der Waals surface area contributed by atoms with E-state index in [1.165, 1.54) is 11.4 Å². The summed E-state index contributed by atoms with van der Waals surface area (Å²) in [4.78, 5) is 14.9. The van der Waals surface area contributed by atoms with Crippen LogP contribution in [-0.2, 0) is 14.8 Å². The van der Waals surface area contributed by atoms with Gasteiger partial charge in [0.2, 0.25) is 10.0 Å². The van der Waals surface area contributed by atoms with E-state index < -0.39 is 16.0 Å². The molecule has 2 aromatic rings. The van der Waals surface area contributed by atoms with E-state index in [2.05, 4.69) is 20.9 Å². The third-order valence-electron chi connectivity index (χ3n) is 3.77. The number of H-pyrrole nitrogens is 1. The lowest BCUT2D eigenvalue weighted by Crippen LogP contribution is -2.29. The first kappa shape index (κ1) is 15.5. The molecule has 0 bridgehead atoms. The lowest BCUT2D eigenvalue weighted by molar-refractivity contribution is 0.0590. The van der Waals surface area contributed by atoms with E-state index in [0.717, 1.165) is 17.3 Å². The van der Waals surface area contributed by atoms with E-state index in [9.17, 15) is 13.2 Å². The van der Waals surface area contributed by atoms with Crippen molar-refractivity contribution in [2.75, 3.05) is 20.2 Å². The number of aromatic amines is 1. The fraction of sp³-hybridized carbons (Fsp3) is 0.357. The zero-order chi connectivity index (χ0) is 15.9. The number of sulfonamides is 1. The molecule has 118 valence electrons. The van der Waals surface area contributed by atoms with Gasteiger partial charge in [0.25, 0.3) is 0 Å². The van der Waals surface area contributed by atoms with Crippen molar-refractivity contribution in [2.45, 2.75) is 17.7 Å². The lowest BCUT2D eigenvalue weighted by atomic mass is 10.2. The van der Waals surface area contributed by atoms with Crippen LogP contribution in [0, 0.1) is 0 Å². The molecule has 8 heteroatoms. The Morgan fingerprint density at radius 1 is 1.32 bits per heavy atom. The summed E-state index contributed by atoms with van der Waals surface area (Å²) in [5.41, 5.74) is 0.559. The van der Waals surface area contributed by atoms with Crippen LogP contribution in [0.1, 0.15) is 23.3 Å². The molecule has 1 aliphatic heterocycles. The second-order valence-electron chi connectivity index (χ2n) is 5.12. The van der Waals surface area contributed by atoms with Crippen molar-refractivity contribution in [1.29, 1.82) is 0 Å². The van der Waals surface area contributed by atoms with E-state index in [1.807, 2.05) is 0 Å². The summed E-state index contributed by atoms with van der Waals surface area (Å²) in [5, 5.41) is 0.488. The summed E-state index contributed by atoms with van der Waals surface area (Å²) < 4.78 is 32.8. The van der Waals surface area contributed by atoms with E-state index in [-0.39, 0.29) is 10.6 Å². The van der Waals surface area contributed by atoms with Crippen LogP contribution < -0.4 is 0 Å². The molecular weight excluding hydrogens is 372 g/mol. The summed E-state index contributed by atoms with van der Waals surface area (Å²) in [7, 11) is -2.51. The molecule has 2 heterocycles. The Morgan fingerprint density at radius 3 is 2.64 bits per heavy atom. The van der Waals surface area contributed by atoms with Gasteiger partial charge >= 0.3 is 5.97 Å². The van der Waals surface area contributed by atoms with E-state index in [0.29, 0.717) is 24.0 Å². The number of aromatic nitrogens is 1. The molecule has 0 unspecified atom stereocenters. The monoisotopic (exact) mass is 386 g/mol. The molecule has 0 spiro atoms. The van der Waals surface area contributed by atoms with Crippen LogP contribution in [0.25, 0.3) is 10.9 Å². The van der Waals surface area contributed by atoms with Gasteiger partial charge in [-0.1, -0.05) is 15.9 Å². The number of benzene rings is 1. The minimum Gasteiger partial charge on any atom is -0.464 e. The molecule has 0 aliphatic carbocycles. The second kappa shape index (κ2) is 5.68. The number of rotatable bonds is 3. The van der Waals surface area contributed by atoms with Gasteiger partial charge in [-0.25, -0.2) is 13.2 Å².